The first-order chi connectivity index (χ1) is 19.3. The molecule has 0 bridgehead atoms. The van der Waals surface area contributed by atoms with Gasteiger partial charge in [0.15, 0.2) is 11.7 Å². The van der Waals surface area contributed by atoms with Crippen LogP contribution in [0, 0.1) is 5.92 Å². The van der Waals surface area contributed by atoms with Crippen LogP contribution in [-0.4, -0.2) is 55.6 Å². The van der Waals surface area contributed by atoms with Gasteiger partial charge in [0.05, 0.1) is 12.4 Å². The molecule has 4 aromatic rings. The first kappa shape index (κ1) is 23.6. The number of amidine groups is 1. The number of rotatable bonds is 8. The topological polar surface area (TPSA) is 76.5 Å². The molecule has 1 aromatic heterocycles. The molecule has 0 amide bonds. The Balaban J connectivity index is 1.17. The van der Waals surface area contributed by atoms with Gasteiger partial charge >= 0.3 is 0 Å². The molecule has 8 nitrogen and oxygen atoms in total. The van der Waals surface area contributed by atoms with Crippen LogP contribution in [-0.2, 0) is 6.54 Å². The first-order valence-corrected chi connectivity index (χ1v) is 13.8. The molecule has 8 heteroatoms. The summed E-state index contributed by atoms with van der Waals surface area (Å²) in [5.74, 6) is 2.62. The van der Waals surface area contributed by atoms with Gasteiger partial charge in [-0.3, -0.25) is 0 Å². The first-order valence-electron chi connectivity index (χ1n) is 13.8. The van der Waals surface area contributed by atoms with Crippen molar-refractivity contribution in [1.29, 1.82) is 0 Å². The van der Waals surface area contributed by atoms with Crippen LogP contribution in [0.25, 0.3) is 22.5 Å². The summed E-state index contributed by atoms with van der Waals surface area (Å²) < 4.78 is 0. The van der Waals surface area contributed by atoms with Crippen molar-refractivity contribution in [2.75, 3.05) is 18.1 Å². The largest absolute Gasteiger partial charge is 0.341 e. The molecule has 2 aliphatic heterocycles. The summed E-state index contributed by atoms with van der Waals surface area (Å²) in [6.45, 7) is 4.98. The number of fused-ring (bicyclic) bond motifs is 1. The van der Waals surface area contributed by atoms with Crippen molar-refractivity contribution in [2.45, 2.75) is 38.9 Å². The van der Waals surface area contributed by atoms with Crippen LogP contribution >= 0.6 is 0 Å². The minimum Gasteiger partial charge on any atom is -0.341 e. The summed E-state index contributed by atoms with van der Waals surface area (Å²) in [6.07, 6.45) is 6.08. The number of aromatic amines is 1. The molecule has 3 heterocycles. The average Bonchev–Trinajstić information content (AvgIpc) is 3.49. The molecule has 1 fully saturated rings. The molecule has 1 aliphatic carbocycles. The highest BCUT2D eigenvalue weighted by Crippen LogP contribution is 2.36. The number of tetrazole rings is 1. The smallest absolute Gasteiger partial charge is 0.180 e. The highest BCUT2D eigenvalue weighted by molar-refractivity contribution is 6.01. The number of H-pyrrole nitrogens is 1. The second kappa shape index (κ2) is 10.0. The molecule has 196 valence electrons. The Kier molecular flexibility index (Phi) is 6.07. The number of benzene rings is 3. The van der Waals surface area contributed by atoms with Gasteiger partial charge in [-0.15, -0.1) is 5.10 Å². The van der Waals surface area contributed by atoms with E-state index in [-0.39, 0.29) is 6.17 Å². The lowest BCUT2D eigenvalue weighted by Crippen LogP contribution is -2.46. The lowest BCUT2D eigenvalue weighted by molar-refractivity contribution is 0.270. The van der Waals surface area contributed by atoms with E-state index >= 15 is 0 Å². The van der Waals surface area contributed by atoms with E-state index in [1.165, 1.54) is 29.8 Å². The van der Waals surface area contributed by atoms with Crippen molar-refractivity contribution < 1.29 is 0 Å². The van der Waals surface area contributed by atoms with Gasteiger partial charge in [0.1, 0.15) is 6.17 Å². The molecule has 3 aromatic carbocycles. The quantitative estimate of drug-likeness (QED) is 0.333. The summed E-state index contributed by atoms with van der Waals surface area (Å²) in [7, 11) is 0. The number of aromatic nitrogens is 4. The predicted octanol–water partition coefficient (Wildman–Crippen LogP) is 5.52. The number of aliphatic imine (C=N–C) groups is 1. The predicted molar refractivity (Wildman–Crippen MR) is 153 cm³/mol. The second-order valence-electron chi connectivity index (χ2n) is 10.6. The molecular formula is C31H32N8. The maximum Gasteiger partial charge on any atom is 0.180 e. The zero-order chi connectivity index (χ0) is 26.2. The molecular weight excluding hydrogens is 484 g/mol. The zero-order valence-corrected chi connectivity index (χ0v) is 22.1. The standard InChI is InChI=1S/C31H32N8/c1-2-29-32-31-28(20-37(25-8-4-3-5-9-25)21-38(31)18-22-12-13-22)39(29)19-23-14-16-24(17-15-23)26-10-6-7-11-27(26)30-33-35-36-34-30/h3-11,14-17,20,22,29H,2,12-13,18-19,21H2,1H3,(H,33,34,35,36). The fourth-order valence-corrected chi connectivity index (χ4v) is 5.62. The Morgan fingerprint density at radius 1 is 0.897 bits per heavy atom. The minimum absolute atomic E-state index is 0.142. The maximum atomic E-state index is 5.25. The third-order valence-corrected chi connectivity index (χ3v) is 7.84. The number of anilines is 1. The summed E-state index contributed by atoms with van der Waals surface area (Å²) in [6, 6.07) is 27.8. The summed E-state index contributed by atoms with van der Waals surface area (Å²) in [5, 5.41) is 14.5. The number of para-hydroxylation sites is 1. The van der Waals surface area contributed by atoms with E-state index in [0.717, 1.165) is 54.6 Å². The maximum absolute atomic E-state index is 5.25. The number of nitrogens with zero attached hydrogens (tertiary/aromatic N) is 7. The highest BCUT2D eigenvalue weighted by atomic mass is 15.5. The van der Waals surface area contributed by atoms with E-state index < -0.39 is 0 Å². The molecule has 3 aliphatic rings. The van der Waals surface area contributed by atoms with Crippen molar-refractivity contribution in [3.05, 3.63) is 96.3 Å². The minimum atomic E-state index is 0.142. The monoisotopic (exact) mass is 516 g/mol. The van der Waals surface area contributed by atoms with Crippen LogP contribution in [0.1, 0.15) is 31.7 Å². The average molecular weight is 517 g/mol. The van der Waals surface area contributed by atoms with Crippen LogP contribution in [0.15, 0.2) is 95.8 Å². The third kappa shape index (κ3) is 4.67. The Labute approximate surface area is 228 Å². The number of hydrogen-bond acceptors (Lipinski definition) is 7. The van der Waals surface area contributed by atoms with Crippen molar-refractivity contribution in [2.24, 2.45) is 10.9 Å². The Hall–Kier alpha value is -4.46. The molecule has 1 atom stereocenters. The van der Waals surface area contributed by atoms with E-state index in [0.29, 0.717) is 5.82 Å². The van der Waals surface area contributed by atoms with Gasteiger partial charge in [0.25, 0.3) is 0 Å². The second-order valence-corrected chi connectivity index (χ2v) is 10.6. The van der Waals surface area contributed by atoms with Gasteiger partial charge in [-0.25, -0.2) is 10.1 Å². The molecule has 1 N–H and O–H groups in total. The third-order valence-electron chi connectivity index (χ3n) is 7.84. The summed E-state index contributed by atoms with van der Waals surface area (Å²) in [4.78, 5) is 12.6. The van der Waals surface area contributed by atoms with Crippen LogP contribution < -0.4 is 4.90 Å². The van der Waals surface area contributed by atoms with Crippen LogP contribution in [0.5, 0.6) is 0 Å². The molecule has 39 heavy (non-hydrogen) atoms. The van der Waals surface area contributed by atoms with E-state index in [1.54, 1.807) is 0 Å². The lowest BCUT2D eigenvalue weighted by atomic mass is 9.98. The molecule has 7 rings (SSSR count). The van der Waals surface area contributed by atoms with Crippen molar-refractivity contribution in [3.63, 3.8) is 0 Å². The van der Waals surface area contributed by atoms with Crippen molar-refractivity contribution in [3.8, 4) is 22.5 Å². The van der Waals surface area contributed by atoms with Gasteiger partial charge in [0.2, 0.25) is 0 Å². The van der Waals surface area contributed by atoms with Crippen molar-refractivity contribution >= 4 is 11.5 Å². The SMILES string of the molecule is CCC1N=C2C(=CN(c3ccccc3)CN2CC2CC2)N1Cc1ccc(-c2ccccc2-c2nnn[nH]2)cc1. The van der Waals surface area contributed by atoms with Crippen LogP contribution in [0.3, 0.4) is 0 Å². The van der Waals surface area contributed by atoms with Gasteiger partial charge in [-0.1, -0.05) is 73.7 Å². The molecule has 0 radical (unpaired) electrons. The van der Waals surface area contributed by atoms with E-state index in [9.17, 15) is 0 Å². The Bertz CT molecular complexity index is 1490. The molecule has 0 spiro atoms. The van der Waals surface area contributed by atoms with E-state index in [4.69, 9.17) is 4.99 Å². The summed E-state index contributed by atoms with van der Waals surface area (Å²) in [5.41, 5.74) is 6.94. The zero-order valence-electron chi connectivity index (χ0n) is 22.1. The van der Waals surface area contributed by atoms with Gasteiger partial charge in [-0.05, 0) is 64.4 Å². The number of hydrogen-bond donors (Lipinski definition) is 1. The van der Waals surface area contributed by atoms with E-state index in [2.05, 4.69) is 109 Å². The highest BCUT2D eigenvalue weighted by Gasteiger charge is 2.38. The van der Waals surface area contributed by atoms with Gasteiger partial charge in [0, 0.05) is 30.5 Å². The Morgan fingerprint density at radius 2 is 1.67 bits per heavy atom. The van der Waals surface area contributed by atoms with Crippen LogP contribution in [0.4, 0.5) is 5.69 Å². The normalized spacial score (nSPS) is 18.7. The molecule has 0 saturated heterocycles. The molecule has 1 unspecified atom stereocenters. The fraction of sp³-hybridized carbons (Fsp3) is 0.290. The fourth-order valence-electron chi connectivity index (χ4n) is 5.62. The number of nitrogens with one attached hydrogen (secondary N) is 1. The Morgan fingerprint density at radius 3 is 2.38 bits per heavy atom. The summed E-state index contributed by atoms with van der Waals surface area (Å²) >= 11 is 0. The van der Waals surface area contributed by atoms with Crippen LogP contribution in [0.2, 0.25) is 0 Å². The van der Waals surface area contributed by atoms with Gasteiger partial charge < -0.3 is 14.7 Å². The molecule has 1 saturated carbocycles. The van der Waals surface area contributed by atoms with Crippen molar-refractivity contribution in [1.82, 2.24) is 30.4 Å². The van der Waals surface area contributed by atoms with E-state index in [1.807, 2.05) is 18.2 Å². The van der Waals surface area contributed by atoms with Gasteiger partial charge in [-0.2, -0.15) is 0 Å². The lowest BCUT2D eigenvalue weighted by Gasteiger charge is -2.38.